The fourth-order valence-electron chi connectivity index (χ4n) is 7.30. The van der Waals surface area contributed by atoms with Crippen molar-refractivity contribution in [3.63, 3.8) is 0 Å². The molecule has 340 valence electrons. The first-order valence-electron chi connectivity index (χ1n) is 22.0. The van der Waals surface area contributed by atoms with Gasteiger partial charge in [-0.15, -0.1) is 0 Å². The highest BCUT2D eigenvalue weighted by atomic mass is 16.5. The van der Waals surface area contributed by atoms with E-state index in [9.17, 15) is 24.0 Å². The summed E-state index contributed by atoms with van der Waals surface area (Å²) in [5.74, 6) is 1.76. The molecule has 0 saturated heterocycles. The molecule has 0 aliphatic heterocycles. The fourth-order valence-corrected chi connectivity index (χ4v) is 7.30. The van der Waals surface area contributed by atoms with Crippen LogP contribution in [0, 0.1) is 17.8 Å². The third kappa shape index (κ3) is 12.3. The Balaban J connectivity index is 0.00000220. The average molecular weight is 877 g/mol. The number of benzene rings is 2. The molecule has 1 atom stereocenters. The Kier molecular flexibility index (Phi) is 15.8. The van der Waals surface area contributed by atoms with Gasteiger partial charge in [0.15, 0.2) is 0 Å². The number of imidazole rings is 2. The van der Waals surface area contributed by atoms with E-state index in [1.807, 2.05) is 38.1 Å². The minimum atomic E-state index is -0.690. The van der Waals surface area contributed by atoms with Gasteiger partial charge >= 0.3 is 12.2 Å². The van der Waals surface area contributed by atoms with Gasteiger partial charge in [-0.05, 0) is 73.8 Å². The molecular formula is C48H60N8O8. The number of methoxy groups -OCH3 is 2. The Bertz CT molecular complexity index is 2580. The number of H-pyrrole nitrogens is 2. The average Bonchev–Trinajstić information content (AvgIpc) is 4.23. The molecule has 2 aliphatic carbocycles. The van der Waals surface area contributed by atoms with Crippen molar-refractivity contribution in [2.45, 2.75) is 78.7 Å². The van der Waals surface area contributed by atoms with Crippen molar-refractivity contribution in [1.29, 1.82) is 0 Å². The summed E-state index contributed by atoms with van der Waals surface area (Å²) < 4.78 is 15.5. The van der Waals surface area contributed by atoms with Crippen molar-refractivity contribution >= 4 is 45.9 Å². The first kappa shape index (κ1) is 46.8. The number of amides is 4. The number of carbonyl (C=O) groups excluding carboxylic acids is 4. The Morgan fingerprint density at radius 1 is 0.797 bits per heavy atom. The van der Waals surface area contributed by atoms with Gasteiger partial charge in [0.1, 0.15) is 35.4 Å². The maximum atomic E-state index is 13.8. The maximum Gasteiger partial charge on any atom is 0.407 e. The highest BCUT2D eigenvalue weighted by Crippen LogP contribution is 2.38. The lowest BCUT2D eigenvalue weighted by atomic mass is 10.0. The van der Waals surface area contributed by atoms with E-state index in [-0.39, 0.29) is 29.7 Å². The van der Waals surface area contributed by atoms with Gasteiger partial charge in [0.05, 0.1) is 48.8 Å². The van der Waals surface area contributed by atoms with Gasteiger partial charge < -0.3 is 44.7 Å². The fraction of sp³-hybridized carbons (Fsp3) is 0.438. The number of carbonyl (C=O) groups is 4. The third-order valence-electron chi connectivity index (χ3n) is 11.1. The van der Waals surface area contributed by atoms with Gasteiger partial charge in [0.25, 0.3) is 0 Å². The highest BCUT2D eigenvalue weighted by Gasteiger charge is 2.31. The number of allylic oxidation sites excluding steroid dienone is 2. The number of nitrogens with one attached hydrogen (secondary N) is 5. The van der Waals surface area contributed by atoms with Crippen LogP contribution in [-0.2, 0) is 31.9 Å². The first-order valence-corrected chi connectivity index (χ1v) is 22.0. The van der Waals surface area contributed by atoms with E-state index in [0.29, 0.717) is 59.7 Å². The van der Waals surface area contributed by atoms with Gasteiger partial charge in [-0.1, -0.05) is 63.5 Å². The van der Waals surface area contributed by atoms with E-state index in [1.165, 1.54) is 20.6 Å². The van der Waals surface area contributed by atoms with Crippen molar-refractivity contribution in [3.05, 3.63) is 94.0 Å². The summed E-state index contributed by atoms with van der Waals surface area (Å²) >= 11 is 0. The number of aromatic amines is 2. The summed E-state index contributed by atoms with van der Waals surface area (Å²) in [6.07, 6.45) is 13.0. The molecule has 0 bridgehead atoms. The van der Waals surface area contributed by atoms with E-state index >= 15 is 0 Å². The minimum Gasteiger partial charge on any atom is -0.456 e. The van der Waals surface area contributed by atoms with Crippen molar-refractivity contribution < 1.29 is 33.1 Å². The minimum absolute atomic E-state index is 0.108. The molecule has 3 heterocycles. The second kappa shape index (κ2) is 21.6. The SMILES string of the molecule is CCC.COC(=O)NCC(=O)NC/C(=C\Cc1ncc(-c2ccc3oc4cc(-c5cnc(C/C=C(\CN(C)C(=O)C(NC(=O)OC)C(C)C)C6CC6)[nH]5)ccc4c(=O)c3c2)[nH]1)C1CC1. The predicted molar refractivity (Wildman–Crippen MR) is 245 cm³/mol. The van der Waals surface area contributed by atoms with Crippen LogP contribution in [0.4, 0.5) is 9.59 Å². The molecule has 5 aromatic rings. The van der Waals surface area contributed by atoms with E-state index in [1.54, 1.807) is 36.5 Å². The van der Waals surface area contributed by atoms with Gasteiger partial charge in [-0.3, -0.25) is 14.4 Å². The molecule has 2 saturated carbocycles. The van der Waals surface area contributed by atoms with Crippen LogP contribution in [0.2, 0.25) is 0 Å². The number of aromatic nitrogens is 4. The van der Waals surface area contributed by atoms with Crippen LogP contribution >= 0.6 is 0 Å². The number of hydrogen-bond acceptors (Lipinski definition) is 10. The summed E-state index contributed by atoms with van der Waals surface area (Å²) in [7, 11) is 4.28. The van der Waals surface area contributed by atoms with Crippen molar-refractivity contribution in [2.75, 3.05) is 40.9 Å². The normalized spacial score (nSPS) is 14.4. The maximum absolute atomic E-state index is 13.8. The van der Waals surface area contributed by atoms with E-state index in [2.05, 4.69) is 66.6 Å². The Labute approximate surface area is 372 Å². The van der Waals surface area contributed by atoms with Crippen LogP contribution in [0.1, 0.15) is 71.4 Å². The van der Waals surface area contributed by atoms with Gasteiger partial charge in [-0.25, -0.2) is 19.6 Å². The summed E-state index contributed by atoms with van der Waals surface area (Å²) in [5.41, 5.74) is 6.22. The van der Waals surface area contributed by atoms with Crippen molar-refractivity contribution in [3.8, 4) is 22.5 Å². The van der Waals surface area contributed by atoms with Crippen LogP contribution in [0.5, 0.6) is 0 Å². The number of nitrogens with zero attached hydrogens (tertiary/aromatic N) is 3. The lowest BCUT2D eigenvalue weighted by Gasteiger charge is -2.27. The summed E-state index contributed by atoms with van der Waals surface area (Å²) in [6, 6.07) is 10.3. The lowest BCUT2D eigenvalue weighted by molar-refractivity contribution is -0.132. The second-order valence-corrected chi connectivity index (χ2v) is 16.7. The quantitative estimate of drug-likeness (QED) is 0.0468. The molecular weight excluding hydrogens is 817 g/mol. The molecule has 5 N–H and O–H groups in total. The van der Waals surface area contributed by atoms with E-state index in [0.717, 1.165) is 71.0 Å². The number of alkyl carbamates (subject to hydrolysis) is 2. The highest BCUT2D eigenvalue weighted by molar-refractivity contribution is 5.93. The molecule has 7 rings (SSSR count). The van der Waals surface area contributed by atoms with Crippen LogP contribution in [0.25, 0.3) is 44.5 Å². The van der Waals surface area contributed by atoms with Crippen molar-refractivity contribution in [1.82, 2.24) is 40.8 Å². The Morgan fingerprint density at radius 2 is 1.38 bits per heavy atom. The monoisotopic (exact) mass is 876 g/mol. The largest absolute Gasteiger partial charge is 0.456 e. The van der Waals surface area contributed by atoms with Gasteiger partial charge in [0, 0.05) is 44.1 Å². The molecule has 4 amide bonds. The Hall–Kier alpha value is -6.71. The summed E-state index contributed by atoms with van der Waals surface area (Å²) in [5, 5.41) is 8.81. The topological polar surface area (TPSA) is 214 Å². The summed E-state index contributed by atoms with van der Waals surface area (Å²) in [6.45, 7) is 8.70. The molecule has 0 spiro atoms. The van der Waals surface area contributed by atoms with Crippen molar-refractivity contribution in [2.24, 2.45) is 17.8 Å². The number of rotatable bonds is 17. The van der Waals surface area contributed by atoms with Crippen LogP contribution in [-0.4, -0.2) is 95.8 Å². The standard InChI is InChI=1S/C45H52N8O8.C3H8/c1-25(2)41(52-45(58)60-5)43(56)53(3)24-31(27-8-9-27)13-17-39-47-22-35(51-39)29-10-14-32-37(19-29)61-36-15-11-28(18-33(36)42(32)55)34-21-46-38(50-34)16-12-30(26-6-7-26)20-48-40(54)23-49-44(57)59-4;1-3-2/h10-15,18-19,21-22,25-27,41H,6-9,16-17,20,23-24H2,1-5H3,(H,46,50)(H,47,51)(H,48,54)(H,49,57)(H,52,58);3H2,1-2H3/b30-12+,31-13+;. The molecule has 2 aromatic carbocycles. The predicted octanol–water partition coefficient (Wildman–Crippen LogP) is 7.21. The van der Waals surface area contributed by atoms with Crippen LogP contribution < -0.4 is 21.4 Å². The molecule has 2 aliphatic rings. The molecule has 64 heavy (non-hydrogen) atoms. The molecule has 16 nitrogen and oxygen atoms in total. The zero-order valence-corrected chi connectivity index (χ0v) is 37.8. The second-order valence-electron chi connectivity index (χ2n) is 16.7. The molecule has 2 fully saturated rings. The number of hydrogen-bond donors (Lipinski definition) is 5. The number of likely N-dealkylation sites (N-methyl/N-ethyl adjacent to an activating group) is 1. The number of ether oxygens (including phenoxy) is 2. The van der Waals surface area contributed by atoms with E-state index in [4.69, 9.17) is 9.15 Å². The molecule has 0 radical (unpaired) electrons. The number of fused-ring (bicyclic) bond motifs is 2. The third-order valence-corrected chi connectivity index (χ3v) is 11.1. The Morgan fingerprint density at radius 3 is 1.97 bits per heavy atom. The zero-order valence-electron chi connectivity index (χ0n) is 37.8. The summed E-state index contributed by atoms with van der Waals surface area (Å²) in [4.78, 5) is 80.0. The smallest absolute Gasteiger partial charge is 0.407 e. The van der Waals surface area contributed by atoms with E-state index < -0.39 is 18.2 Å². The van der Waals surface area contributed by atoms with Crippen LogP contribution in [0.3, 0.4) is 0 Å². The van der Waals surface area contributed by atoms with Crippen LogP contribution in [0.15, 0.2) is 81.3 Å². The molecule has 3 aromatic heterocycles. The molecule has 16 heteroatoms. The van der Waals surface area contributed by atoms with Gasteiger partial charge in [-0.2, -0.15) is 0 Å². The zero-order chi connectivity index (χ0) is 45.9. The van der Waals surface area contributed by atoms with Gasteiger partial charge in [0.2, 0.25) is 17.2 Å². The first-order chi connectivity index (χ1) is 30.8. The molecule has 1 unspecified atom stereocenters. The lowest BCUT2D eigenvalue weighted by Crippen LogP contribution is -2.50.